The van der Waals surface area contributed by atoms with Crippen molar-refractivity contribution in [2.24, 2.45) is 11.8 Å². The van der Waals surface area contributed by atoms with Gasteiger partial charge in [-0.05, 0) is 104 Å². The van der Waals surface area contributed by atoms with Crippen molar-refractivity contribution in [1.82, 2.24) is 0 Å². The molecule has 3 aromatic carbocycles. The molecule has 0 saturated heterocycles. The first-order valence-corrected chi connectivity index (χ1v) is 13.2. The van der Waals surface area contributed by atoms with Crippen LogP contribution in [0.3, 0.4) is 0 Å². The second-order valence-corrected chi connectivity index (χ2v) is 10.7. The summed E-state index contributed by atoms with van der Waals surface area (Å²) in [5, 5.41) is 9.52. The topological polar surface area (TPSA) is 37.3 Å². The molecular weight excluding hydrogens is 435 g/mol. The first-order chi connectivity index (χ1) is 17.0. The third-order valence-corrected chi connectivity index (χ3v) is 8.73. The lowest BCUT2D eigenvalue weighted by molar-refractivity contribution is -0.143. The maximum Gasteiger partial charge on any atom is 0.306 e. The summed E-state index contributed by atoms with van der Waals surface area (Å²) in [6.07, 6.45) is 9.07. The van der Waals surface area contributed by atoms with E-state index in [9.17, 15) is 14.3 Å². The Morgan fingerprint density at radius 3 is 1.91 bits per heavy atom. The zero-order valence-electron chi connectivity index (χ0n) is 20.3. The highest BCUT2D eigenvalue weighted by Gasteiger charge is 2.40. The van der Waals surface area contributed by atoms with Crippen LogP contribution in [0.15, 0.2) is 78.9 Å². The van der Waals surface area contributed by atoms with Crippen molar-refractivity contribution < 1.29 is 14.3 Å². The number of hydrogen-bond acceptors (Lipinski definition) is 1. The smallest absolute Gasteiger partial charge is 0.306 e. The van der Waals surface area contributed by atoms with Crippen molar-refractivity contribution in [1.29, 1.82) is 0 Å². The average molecular weight is 471 g/mol. The van der Waals surface area contributed by atoms with Crippen LogP contribution in [0, 0.1) is 17.7 Å². The molecular formula is C32H35FO2. The van der Waals surface area contributed by atoms with Crippen LogP contribution in [-0.2, 0) is 16.6 Å². The van der Waals surface area contributed by atoms with E-state index < -0.39 is 5.97 Å². The van der Waals surface area contributed by atoms with Crippen molar-refractivity contribution in [3.63, 3.8) is 0 Å². The van der Waals surface area contributed by atoms with Gasteiger partial charge in [0.1, 0.15) is 5.82 Å². The van der Waals surface area contributed by atoms with Gasteiger partial charge < -0.3 is 5.11 Å². The van der Waals surface area contributed by atoms with E-state index >= 15 is 0 Å². The molecule has 0 bridgehead atoms. The van der Waals surface area contributed by atoms with E-state index in [0.717, 1.165) is 24.3 Å². The Morgan fingerprint density at radius 2 is 1.34 bits per heavy atom. The second kappa shape index (κ2) is 10.4. The number of benzene rings is 3. The molecule has 3 aromatic rings. The van der Waals surface area contributed by atoms with E-state index in [4.69, 9.17) is 0 Å². The summed E-state index contributed by atoms with van der Waals surface area (Å²) in [7, 11) is 0. The first-order valence-electron chi connectivity index (χ1n) is 13.2. The van der Waals surface area contributed by atoms with Crippen LogP contribution in [0.4, 0.5) is 4.39 Å². The van der Waals surface area contributed by atoms with Crippen LogP contribution in [-0.4, -0.2) is 11.1 Å². The molecule has 0 spiro atoms. The lowest BCUT2D eigenvalue weighted by Gasteiger charge is -2.40. The third-order valence-electron chi connectivity index (χ3n) is 8.73. The summed E-state index contributed by atoms with van der Waals surface area (Å²) in [4.78, 5) is 11.6. The Bertz CT molecular complexity index is 1100. The molecule has 5 rings (SSSR count). The minimum atomic E-state index is -0.698. The molecule has 0 heterocycles. The Balaban J connectivity index is 1.30. The number of halogens is 1. The highest BCUT2D eigenvalue weighted by molar-refractivity contribution is 5.70. The molecule has 2 aliphatic carbocycles. The summed E-state index contributed by atoms with van der Waals surface area (Å²) in [5.74, 6) is 0.172. The molecule has 0 atom stereocenters. The molecule has 0 unspecified atom stereocenters. The number of aliphatic carboxylic acids is 1. The summed E-state index contributed by atoms with van der Waals surface area (Å²) in [5.41, 5.74) is 4.95. The van der Waals surface area contributed by atoms with Gasteiger partial charge in [-0.15, -0.1) is 0 Å². The zero-order chi connectivity index (χ0) is 24.3. The summed E-state index contributed by atoms with van der Waals surface area (Å²) in [6, 6.07) is 26.8. The van der Waals surface area contributed by atoms with Crippen molar-refractivity contribution in [2.75, 3.05) is 0 Å². The van der Waals surface area contributed by atoms with Gasteiger partial charge in [0.25, 0.3) is 0 Å². The monoisotopic (exact) mass is 470 g/mol. The van der Waals surface area contributed by atoms with Crippen molar-refractivity contribution in [3.05, 3.63) is 107 Å². The predicted molar refractivity (Wildman–Crippen MR) is 138 cm³/mol. The molecule has 182 valence electrons. The summed E-state index contributed by atoms with van der Waals surface area (Å²) >= 11 is 0. The molecule has 2 fully saturated rings. The van der Waals surface area contributed by atoms with Crippen LogP contribution in [0.25, 0.3) is 0 Å². The van der Waals surface area contributed by atoms with Crippen LogP contribution >= 0.6 is 0 Å². The number of carboxylic acid groups (broad SMARTS) is 1. The molecule has 1 N–H and O–H groups in total. The number of hydrogen-bond donors (Lipinski definition) is 1. The Kier molecular flexibility index (Phi) is 7.04. The van der Waals surface area contributed by atoms with Gasteiger partial charge in [0.2, 0.25) is 0 Å². The van der Waals surface area contributed by atoms with E-state index in [2.05, 4.69) is 54.6 Å². The maximum absolute atomic E-state index is 13.7. The minimum absolute atomic E-state index is 0.235. The predicted octanol–water partition coefficient (Wildman–Crippen LogP) is 7.90. The Labute approximate surface area is 208 Å². The van der Waals surface area contributed by atoms with Gasteiger partial charge in [-0.2, -0.15) is 0 Å². The first kappa shape index (κ1) is 23.8. The van der Waals surface area contributed by atoms with Crippen LogP contribution in [0.2, 0.25) is 0 Å². The molecule has 0 aliphatic heterocycles. The molecule has 35 heavy (non-hydrogen) atoms. The number of rotatable bonds is 6. The third kappa shape index (κ3) is 5.19. The molecule has 3 heteroatoms. The summed E-state index contributed by atoms with van der Waals surface area (Å²) < 4.78 is 13.7. The molecule has 0 amide bonds. The van der Waals surface area contributed by atoms with Gasteiger partial charge in [0.15, 0.2) is 0 Å². The zero-order valence-corrected chi connectivity index (χ0v) is 20.3. The SMILES string of the molecule is O=C(O)C1CCC(c2ccc(F)cc2)(c2ccc(C3CCC(Cc4ccccc4)CC3)cc2)CC1. The van der Waals surface area contributed by atoms with Crippen LogP contribution in [0.1, 0.15) is 79.5 Å². The molecule has 2 nitrogen and oxygen atoms in total. The minimum Gasteiger partial charge on any atom is -0.481 e. The molecule has 0 radical (unpaired) electrons. The molecule has 2 aliphatic rings. The standard InChI is InChI=1S/C32H35FO2/c33-30-16-14-29(15-17-30)32(20-18-27(19-21-32)31(34)35)28-12-10-26(11-13-28)25-8-6-24(7-9-25)22-23-4-2-1-3-5-23/h1-5,10-17,24-25,27H,6-9,18-22H2,(H,34,35). The van der Waals surface area contributed by atoms with Crippen LogP contribution in [0.5, 0.6) is 0 Å². The fraction of sp³-hybridized carbons (Fsp3) is 0.406. The van der Waals surface area contributed by atoms with Gasteiger partial charge in [-0.25, -0.2) is 4.39 Å². The van der Waals surface area contributed by atoms with Gasteiger partial charge in [0, 0.05) is 5.41 Å². The fourth-order valence-corrected chi connectivity index (χ4v) is 6.59. The van der Waals surface area contributed by atoms with Gasteiger partial charge in [-0.1, -0.05) is 66.7 Å². The quantitative estimate of drug-likeness (QED) is 0.397. The van der Waals surface area contributed by atoms with Crippen LogP contribution < -0.4 is 0 Å². The van der Waals surface area contributed by atoms with Gasteiger partial charge in [-0.3, -0.25) is 4.79 Å². The number of carboxylic acids is 1. The van der Waals surface area contributed by atoms with Gasteiger partial charge >= 0.3 is 5.97 Å². The van der Waals surface area contributed by atoms with E-state index in [0.29, 0.717) is 18.8 Å². The van der Waals surface area contributed by atoms with Crippen molar-refractivity contribution in [2.45, 2.75) is 69.1 Å². The van der Waals surface area contributed by atoms with E-state index in [1.165, 1.54) is 60.9 Å². The highest BCUT2D eigenvalue weighted by atomic mass is 19.1. The summed E-state index contributed by atoms with van der Waals surface area (Å²) in [6.45, 7) is 0. The average Bonchev–Trinajstić information content (AvgIpc) is 2.90. The lowest BCUT2D eigenvalue weighted by atomic mass is 9.63. The number of carbonyl (C=O) groups is 1. The van der Waals surface area contributed by atoms with E-state index in [-0.39, 0.29) is 17.2 Å². The fourth-order valence-electron chi connectivity index (χ4n) is 6.59. The van der Waals surface area contributed by atoms with Crippen molar-refractivity contribution in [3.8, 4) is 0 Å². The Hall–Kier alpha value is -2.94. The largest absolute Gasteiger partial charge is 0.481 e. The maximum atomic E-state index is 13.7. The van der Waals surface area contributed by atoms with E-state index in [1.807, 2.05) is 12.1 Å². The van der Waals surface area contributed by atoms with Crippen molar-refractivity contribution >= 4 is 5.97 Å². The highest BCUT2D eigenvalue weighted by Crippen LogP contribution is 2.47. The second-order valence-electron chi connectivity index (χ2n) is 10.7. The lowest BCUT2D eigenvalue weighted by Crippen LogP contribution is -2.35. The van der Waals surface area contributed by atoms with E-state index in [1.54, 1.807) is 0 Å². The normalized spacial score (nSPS) is 26.8. The Morgan fingerprint density at radius 1 is 0.771 bits per heavy atom. The molecule has 2 saturated carbocycles. The van der Waals surface area contributed by atoms with Gasteiger partial charge in [0.05, 0.1) is 5.92 Å². The molecule has 0 aromatic heterocycles.